The molecule has 130 valence electrons. The van der Waals surface area contributed by atoms with Crippen molar-refractivity contribution in [3.8, 4) is 11.5 Å². The molecular weight excluding hydrogens is 326 g/mol. The Balaban J connectivity index is 1.52. The van der Waals surface area contributed by atoms with Crippen molar-refractivity contribution in [3.05, 3.63) is 22.7 Å². The van der Waals surface area contributed by atoms with Crippen molar-refractivity contribution < 1.29 is 14.3 Å². The lowest BCUT2D eigenvalue weighted by Gasteiger charge is -2.33. The van der Waals surface area contributed by atoms with Crippen molar-refractivity contribution in [3.63, 3.8) is 0 Å². The van der Waals surface area contributed by atoms with Gasteiger partial charge in [-0.3, -0.25) is 4.79 Å². The molecule has 2 aliphatic heterocycles. The zero-order valence-corrected chi connectivity index (χ0v) is 14.8. The molecule has 1 saturated carbocycles. The van der Waals surface area contributed by atoms with Crippen LogP contribution >= 0.6 is 11.6 Å². The third kappa shape index (κ3) is 2.85. The summed E-state index contributed by atoms with van der Waals surface area (Å²) in [7, 11) is 0. The van der Waals surface area contributed by atoms with Crippen LogP contribution in [0.15, 0.2) is 12.1 Å². The van der Waals surface area contributed by atoms with Crippen molar-refractivity contribution in [2.45, 2.75) is 57.5 Å². The first kappa shape index (κ1) is 16.1. The molecule has 4 rings (SSSR count). The molecule has 1 saturated heterocycles. The number of fused-ring (bicyclic) bond motifs is 2. The summed E-state index contributed by atoms with van der Waals surface area (Å²) in [5, 5.41) is 0.528. The highest BCUT2D eigenvalue weighted by Crippen LogP contribution is 2.41. The Morgan fingerprint density at radius 3 is 2.92 bits per heavy atom. The molecule has 1 amide bonds. The van der Waals surface area contributed by atoms with Gasteiger partial charge < -0.3 is 14.4 Å². The average molecular weight is 350 g/mol. The van der Waals surface area contributed by atoms with Gasteiger partial charge in [0.05, 0.1) is 11.4 Å². The van der Waals surface area contributed by atoms with Gasteiger partial charge in [-0.25, -0.2) is 0 Å². The molecule has 3 atom stereocenters. The van der Waals surface area contributed by atoms with E-state index in [0.29, 0.717) is 54.2 Å². The molecule has 1 aromatic rings. The van der Waals surface area contributed by atoms with Crippen molar-refractivity contribution in [1.29, 1.82) is 0 Å². The first-order valence-corrected chi connectivity index (χ1v) is 9.40. The van der Waals surface area contributed by atoms with Gasteiger partial charge in [0.1, 0.15) is 13.2 Å². The monoisotopic (exact) mass is 349 g/mol. The van der Waals surface area contributed by atoms with E-state index in [0.717, 1.165) is 18.4 Å². The summed E-state index contributed by atoms with van der Waals surface area (Å²) in [6.07, 6.45) is 6.51. The van der Waals surface area contributed by atoms with Crippen LogP contribution in [0.1, 0.15) is 44.6 Å². The summed E-state index contributed by atoms with van der Waals surface area (Å²) in [6, 6.07) is 4.52. The lowest BCUT2D eigenvalue weighted by Crippen LogP contribution is -2.43. The second-order valence-electron chi connectivity index (χ2n) is 7.28. The molecule has 1 aliphatic carbocycles. The van der Waals surface area contributed by atoms with Crippen LogP contribution in [0.5, 0.6) is 11.5 Å². The van der Waals surface area contributed by atoms with E-state index in [9.17, 15) is 4.79 Å². The molecule has 3 aliphatic rings. The molecule has 5 heteroatoms. The number of amides is 1. The third-order valence-corrected chi connectivity index (χ3v) is 5.93. The van der Waals surface area contributed by atoms with Crippen LogP contribution in [-0.2, 0) is 11.2 Å². The SMILES string of the molecule is CC1CC2CCCCC2N1C(=O)Cc1cc(Cl)c2c(c1)OCCO2. The van der Waals surface area contributed by atoms with Crippen LogP contribution in [0.2, 0.25) is 5.02 Å². The van der Waals surface area contributed by atoms with Crippen molar-refractivity contribution in [2.24, 2.45) is 5.92 Å². The largest absolute Gasteiger partial charge is 0.486 e. The minimum Gasteiger partial charge on any atom is -0.486 e. The fourth-order valence-corrected chi connectivity index (χ4v) is 4.96. The summed E-state index contributed by atoms with van der Waals surface area (Å²) in [5.74, 6) is 2.16. The molecule has 24 heavy (non-hydrogen) atoms. The fourth-order valence-electron chi connectivity index (χ4n) is 4.67. The number of rotatable bonds is 2. The third-order valence-electron chi connectivity index (χ3n) is 5.64. The Kier molecular flexibility index (Phi) is 4.33. The molecule has 0 spiro atoms. The Morgan fingerprint density at radius 2 is 2.04 bits per heavy atom. The average Bonchev–Trinajstić information content (AvgIpc) is 2.90. The Bertz CT molecular complexity index is 648. The van der Waals surface area contributed by atoms with Gasteiger partial charge in [-0.05, 0) is 49.8 Å². The Hall–Kier alpha value is -1.42. The van der Waals surface area contributed by atoms with E-state index < -0.39 is 0 Å². The fraction of sp³-hybridized carbons (Fsp3) is 0.632. The van der Waals surface area contributed by atoms with Gasteiger partial charge in [-0.15, -0.1) is 0 Å². The van der Waals surface area contributed by atoms with Gasteiger partial charge in [0.25, 0.3) is 0 Å². The molecule has 0 bridgehead atoms. The number of likely N-dealkylation sites (tertiary alicyclic amines) is 1. The van der Waals surface area contributed by atoms with Gasteiger partial charge in [-0.2, -0.15) is 0 Å². The standard InChI is InChI=1S/C19H24ClNO3/c1-12-8-14-4-2-3-5-16(14)21(12)18(22)11-13-9-15(20)19-17(10-13)23-6-7-24-19/h9-10,12,14,16H,2-8,11H2,1H3. The van der Waals surface area contributed by atoms with Gasteiger partial charge in [0.2, 0.25) is 5.91 Å². The quantitative estimate of drug-likeness (QED) is 0.814. The van der Waals surface area contributed by atoms with Crippen LogP contribution in [0.4, 0.5) is 0 Å². The molecule has 4 nitrogen and oxygen atoms in total. The van der Waals surface area contributed by atoms with Crippen molar-refractivity contribution >= 4 is 17.5 Å². The van der Waals surface area contributed by atoms with E-state index in [2.05, 4.69) is 11.8 Å². The maximum Gasteiger partial charge on any atom is 0.227 e. The number of hydrogen-bond donors (Lipinski definition) is 0. The molecule has 0 aromatic heterocycles. The number of carbonyl (C=O) groups is 1. The van der Waals surface area contributed by atoms with Crippen LogP contribution in [0.3, 0.4) is 0 Å². The second-order valence-corrected chi connectivity index (χ2v) is 7.68. The number of halogens is 1. The maximum atomic E-state index is 13.0. The molecule has 0 radical (unpaired) electrons. The molecule has 2 heterocycles. The normalized spacial score (nSPS) is 28.6. The Morgan fingerprint density at radius 1 is 1.25 bits per heavy atom. The molecule has 1 aromatic carbocycles. The van der Waals surface area contributed by atoms with Crippen LogP contribution in [0, 0.1) is 5.92 Å². The number of nitrogens with zero attached hydrogens (tertiary/aromatic N) is 1. The van der Waals surface area contributed by atoms with Gasteiger partial charge in [0, 0.05) is 12.1 Å². The molecular formula is C19H24ClNO3. The predicted octanol–water partition coefficient (Wildman–Crippen LogP) is 3.83. The van der Waals surface area contributed by atoms with Crippen LogP contribution in [-0.4, -0.2) is 36.1 Å². The van der Waals surface area contributed by atoms with Gasteiger partial charge in [0.15, 0.2) is 11.5 Å². The van der Waals surface area contributed by atoms with Gasteiger partial charge in [-0.1, -0.05) is 24.4 Å². The maximum absolute atomic E-state index is 13.0. The zero-order chi connectivity index (χ0) is 16.7. The second kappa shape index (κ2) is 6.47. The zero-order valence-electron chi connectivity index (χ0n) is 14.1. The van der Waals surface area contributed by atoms with Crippen molar-refractivity contribution in [2.75, 3.05) is 13.2 Å². The predicted molar refractivity (Wildman–Crippen MR) is 92.8 cm³/mol. The molecule has 3 unspecified atom stereocenters. The van der Waals surface area contributed by atoms with Crippen molar-refractivity contribution in [1.82, 2.24) is 4.90 Å². The number of carbonyl (C=O) groups excluding carboxylic acids is 1. The van der Waals surface area contributed by atoms with Crippen LogP contribution < -0.4 is 9.47 Å². The lowest BCUT2D eigenvalue weighted by molar-refractivity contribution is -0.133. The lowest BCUT2D eigenvalue weighted by atomic mass is 9.85. The Labute approximate surface area is 148 Å². The minimum atomic E-state index is 0.213. The first-order chi connectivity index (χ1) is 11.6. The van der Waals surface area contributed by atoms with E-state index in [-0.39, 0.29) is 5.91 Å². The summed E-state index contributed by atoms with van der Waals surface area (Å²) in [5.41, 5.74) is 0.903. The summed E-state index contributed by atoms with van der Waals surface area (Å²) >= 11 is 6.30. The topological polar surface area (TPSA) is 38.8 Å². The molecule has 0 N–H and O–H groups in total. The smallest absolute Gasteiger partial charge is 0.227 e. The van der Waals surface area contributed by atoms with E-state index in [1.165, 1.54) is 19.3 Å². The number of ether oxygens (including phenoxy) is 2. The highest BCUT2D eigenvalue weighted by atomic mass is 35.5. The summed E-state index contributed by atoms with van der Waals surface area (Å²) in [6.45, 7) is 3.22. The molecule has 2 fully saturated rings. The minimum absolute atomic E-state index is 0.213. The first-order valence-electron chi connectivity index (χ1n) is 9.02. The highest BCUT2D eigenvalue weighted by Gasteiger charge is 2.42. The van der Waals surface area contributed by atoms with E-state index in [4.69, 9.17) is 21.1 Å². The van der Waals surface area contributed by atoms with E-state index in [1.807, 2.05) is 12.1 Å². The van der Waals surface area contributed by atoms with Crippen LogP contribution in [0.25, 0.3) is 0 Å². The van der Waals surface area contributed by atoms with Gasteiger partial charge >= 0.3 is 0 Å². The summed E-state index contributed by atoms with van der Waals surface area (Å²) < 4.78 is 11.2. The number of hydrogen-bond acceptors (Lipinski definition) is 3. The summed E-state index contributed by atoms with van der Waals surface area (Å²) in [4.78, 5) is 15.1. The highest BCUT2D eigenvalue weighted by molar-refractivity contribution is 6.32. The van der Waals surface area contributed by atoms with E-state index in [1.54, 1.807) is 0 Å². The number of benzene rings is 1. The van der Waals surface area contributed by atoms with E-state index >= 15 is 0 Å².